The van der Waals surface area contributed by atoms with Crippen LogP contribution in [0.3, 0.4) is 0 Å². The van der Waals surface area contributed by atoms with E-state index in [0.717, 1.165) is 12.1 Å². The normalized spacial score (nSPS) is 10.6. The van der Waals surface area contributed by atoms with E-state index in [1.165, 1.54) is 6.92 Å². The lowest BCUT2D eigenvalue weighted by Crippen LogP contribution is -1.94. The molecule has 11 heavy (non-hydrogen) atoms. The molecule has 4 heteroatoms. The van der Waals surface area contributed by atoms with Crippen molar-refractivity contribution in [3.8, 4) is 0 Å². The van der Waals surface area contributed by atoms with Gasteiger partial charge in [0.25, 0.3) is 6.43 Å². The van der Waals surface area contributed by atoms with Crippen LogP contribution in [0.5, 0.6) is 0 Å². The molecule has 0 aliphatic carbocycles. The molecule has 0 aliphatic rings. The summed E-state index contributed by atoms with van der Waals surface area (Å²) in [6.07, 6.45) is -2.63. The first kappa shape index (κ1) is 8.04. The van der Waals surface area contributed by atoms with Crippen LogP contribution in [-0.4, -0.2) is 4.98 Å². The summed E-state index contributed by atoms with van der Waals surface area (Å²) >= 11 is 0. The minimum Gasteiger partial charge on any atom is -0.249 e. The van der Waals surface area contributed by atoms with Crippen LogP contribution in [-0.2, 0) is 0 Å². The summed E-state index contributed by atoms with van der Waals surface area (Å²) in [5.74, 6) is -0.561. The molecule has 0 amide bonds. The van der Waals surface area contributed by atoms with E-state index in [4.69, 9.17) is 0 Å². The predicted molar refractivity (Wildman–Crippen MR) is 33.9 cm³/mol. The molecule has 0 radical (unpaired) electrons. The number of aryl methyl sites for hydroxylation is 1. The molecule has 0 saturated carbocycles. The third-order valence-electron chi connectivity index (χ3n) is 1.27. The second kappa shape index (κ2) is 2.90. The molecule has 0 unspecified atom stereocenters. The van der Waals surface area contributed by atoms with E-state index in [0.29, 0.717) is 0 Å². The van der Waals surface area contributed by atoms with Crippen molar-refractivity contribution in [2.24, 2.45) is 0 Å². The van der Waals surface area contributed by atoms with Gasteiger partial charge in [0.15, 0.2) is 0 Å². The Morgan fingerprint density at radius 3 is 2.45 bits per heavy atom. The van der Waals surface area contributed by atoms with Crippen molar-refractivity contribution in [3.05, 3.63) is 29.3 Å². The van der Waals surface area contributed by atoms with Gasteiger partial charge in [-0.25, -0.2) is 18.2 Å². The molecule has 1 aromatic heterocycles. The fraction of sp³-hybridized carbons (Fsp3) is 0.286. The lowest BCUT2D eigenvalue weighted by molar-refractivity contribution is 0.145. The Hall–Kier alpha value is -1.06. The summed E-state index contributed by atoms with van der Waals surface area (Å²) in [6, 6.07) is 1.97. The van der Waals surface area contributed by atoms with Gasteiger partial charge in [-0.3, -0.25) is 0 Å². The van der Waals surface area contributed by atoms with Crippen LogP contribution in [0.4, 0.5) is 13.2 Å². The maximum atomic E-state index is 12.5. The monoisotopic (exact) mass is 161 g/mol. The minimum atomic E-state index is -2.63. The van der Waals surface area contributed by atoms with Gasteiger partial charge in [0.05, 0.1) is 5.69 Å². The van der Waals surface area contributed by atoms with Crippen molar-refractivity contribution in [3.63, 3.8) is 0 Å². The summed E-state index contributed by atoms with van der Waals surface area (Å²) in [5, 5.41) is 0. The van der Waals surface area contributed by atoms with Gasteiger partial charge >= 0.3 is 0 Å². The number of aromatic nitrogens is 1. The first-order valence-electron chi connectivity index (χ1n) is 3.02. The summed E-state index contributed by atoms with van der Waals surface area (Å²) in [5.41, 5.74) is -0.383. The van der Waals surface area contributed by atoms with E-state index in [1.807, 2.05) is 0 Å². The number of rotatable bonds is 1. The van der Waals surface area contributed by atoms with Crippen LogP contribution < -0.4 is 0 Å². The van der Waals surface area contributed by atoms with E-state index in [1.54, 1.807) is 0 Å². The average molecular weight is 161 g/mol. The third kappa shape index (κ3) is 1.69. The SMILES string of the molecule is Cc1nc(C(F)F)ccc1F. The molecule has 0 fully saturated rings. The Balaban J connectivity index is 3.05. The Morgan fingerprint density at radius 1 is 1.36 bits per heavy atom. The largest absolute Gasteiger partial charge is 0.280 e. The van der Waals surface area contributed by atoms with Crippen LogP contribution in [0, 0.1) is 12.7 Å². The molecular formula is C7H6F3N. The highest BCUT2D eigenvalue weighted by Crippen LogP contribution is 2.16. The molecule has 0 spiro atoms. The van der Waals surface area contributed by atoms with Crippen molar-refractivity contribution in [1.29, 1.82) is 0 Å². The van der Waals surface area contributed by atoms with Gasteiger partial charge in [0.2, 0.25) is 0 Å². The van der Waals surface area contributed by atoms with Crippen LogP contribution >= 0.6 is 0 Å². The number of halogens is 3. The Labute approximate surface area is 61.9 Å². The number of alkyl halides is 2. The molecule has 0 atom stereocenters. The van der Waals surface area contributed by atoms with E-state index in [9.17, 15) is 13.2 Å². The van der Waals surface area contributed by atoms with E-state index < -0.39 is 12.2 Å². The Morgan fingerprint density at radius 2 is 2.00 bits per heavy atom. The molecule has 0 aromatic carbocycles. The predicted octanol–water partition coefficient (Wildman–Crippen LogP) is 2.47. The van der Waals surface area contributed by atoms with Gasteiger partial charge < -0.3 is 0 Å². The van der Waals surface area contributed by atoms with Gasteiger partial charge in [-0.05, 0) is 19.1 Å². The lowest BCUT2D eigenvalue weighted by Gasteiger charge is -1.99. The topological polar surface area (TPSA) is 12.9 Å². The van der Waals surface area contributed by atoms with Crippen LogP contribution in [0.15, 0.2) is 12.1 Å². The van der Waals surface area contributed by atoms with E-state index in [2.05, 4.69) is 4.98 Å². The maximum Gasteiger partial charge on any atom is 0.280 e. The van der Waals surface area contributed by atoms with Crippen molar-refractivity contribution in [1.82, 2.24) is 4.98 Å². The van der Waals surface area contributed by atoms with Crippen molar-refractivity contribution >= 4 is 0 Å². The second-order valence-electron chi connectivity index (χ2n) is 2.10. The molecule has 60 valence electrons. The van der Waals surface area contributed by atoms with Gasteiger partial charge in [-0.2, -0.15) is 0 Å². The summed E-state index contributed by atoms with van der Waals surface area (Å²) in [4.78, 5) is 3.35. The van der Waals surface area contributed by atoms with Crippen molar-refractivity contribution < 1.29 is 13.2 Å². The van der Waals surface area contributed by atoms with Crippen LogP contribution in [0.1, 0.15) is 17.8 Å². The van der Waals surface area contributed by atoms with Crippen LogP contribution in [0.25, 0.3) is 0 Å². The zero-order valence-electron chi connectivity index (χ0n) is 5.81. The number of hydrogen-bond acceptors (Lipinski definition) is 1. The van der Waals surface area contributed by atoms with Crippen LogP contribution in [0.2, 0.25) is 0 Å². The molecular weight excluding hydrogens is 155 g/mol. The minimum absolute atomic E-state index is 0.00259. The van der Waals surface area contributed by atoms with Gasteiger partial charge in [-0.1, -0.05) is 0 Å². The fourth-order valence-electron chi connectivity index (χ4n) is 0.685. The Kier molecular flexibility index (Phi) is 2.12. The highest BCUT2D eigenvalue weighted by molar-refractivity contribution is 5.12. The number of nitrogens with zero attached hydrogens (tertiary/aromatic N) is 1. The molecule has 1 nitrogen and oxygen atoms in total. The smallest absolute Gasteiger partial charge is 0.249 e. The first-order chi connectivity index (χ1) is 5.11. The third-order valence-corrected chi connectivity index (χ3v) is 1.27. The number of pyridine rings is 1. The molecule has 0 aliphatic heterocycles. The Bertz CT molecular complexity index is 260. The van der Waals surface area contributed by atoms with Crippen molar-refractivity contribution in [2.45, 2.75) is 13.3 Å². The molecule has 0 bridgehead atoms. The molecule has 1 heterocycles. The summed E-state index contributed by atoms with van der Waals surface area (Å²) in [7, 11) is 0. The molecule has 0 saturated heterocycles. The molecule has 1 rings (SSSR count). The van der Waals surface area contributed by atoms with E-state index >= 15 is 0 Å². The van der Waals surface area contributed by atoms with Gasteiger partial charge in [0.1, 0.15) is 11.5 Å². The maximum absolute atomic E-state index is 12.5. The lowest BCUT2D eigenvalue weighted by atomic mass is 10.3. The summed E-state index contributed by atoms with van der Waals surface area (Å²) in [6.45, 7) is 1.35. The highest BCUT2D eigenvalue weighted by Gasteiger charge is 2.09. The van der Waals surface area contributed by atoms with E-state index in [-0.39, 0.29) is 11.4 Å². The molecule has 1 aromatic rings. The second-order valence-corrected chi connectivity index (χ2v) is 2.10. The fourth-order valence-corrected chi connectivity index (χ4v) is 0.685. The zero-order valence-corrected chi connectivity index (χ0v) is 5.81. The molecule has 0 N–H and O–H groups in total. The van der Waals surface area contributed by atoms with Crippen molar-refractivity contribution in [2.75, 3.05) is 0 Å². The zero-order chi connectivity index (χ0) is 8.43. The first-order valence-corrected chi connectivity index (χ1v) is 3.02. The quantitative estimate of drug-likeness (QED) is 0.616. The number of hydrogen-bond donors (Lipinski definition) is 0. The highest BCUT2D eigenvalue weighted by atomic mass is 19.3. The van der Waals surface area contributed by atoms with Gasteiger partial charge in [0, 0.05) is 0 Å². The standard InChI is InChI=1S/C7H6F3N/c1-4-5(8)2-3-6(11-4)7(9)10/h2-3,7H,1H3. The summed E-state index contributed by atoms with van der Waals surface area (Å²) < 4.78 is 36.2. The average Bonchev–Trinajstić information content (AvgIpc) is 1.94. The van der Waals surface area contributed by atoms with Gasteiger partial charge in [-0.15, -0.1) is 0 Å².